The van der Waals surface area contributed by atoms with Crippen molar-refractivity contribution in [2.45, 2.75) is 6.92 Å². The van der Waals surface area contributed by atoms with Gasteiger partial charge in [0.2, 0.25) is 0 Å². The molecule has 2 rings (SSSR count). The summed E-state index contributed by atoms with van der Waals surface area (Å²) in [6.07, 6.45) is 3.85. The number of hydrogen-bond donors (Lipinski definition) is 0. The van der Waals surface area contributed by atoms with E-state index in [0.29, 0.717) is 5.15 Å². The van der Waals surface area contributed by atoms with Gasteiger partial charge in [-0.1, -0.05) is 47.5 Å². The summed E-state index contributed by atoms with van der Waals surface area (Å²) < 4.78 is 0. The Morgan fingerprint density at radius 1 is 1.06 bits per heavy atom. The number of rotatable bonds is 2. The number of allylic oxidation sites excluding steroid dienone is 1. The number of nitrogens with zero attached hydrogens (tertiary/aromatic N) is 1. The summed E-state index contributed by atoms with van der Waals surface area (Å²) in [7, 11) is 0. The second kappa shape index (κ2) is 5.35. The molecule has 0 unspecified atom stereocenters. The monoisotopic (exact) mass is 263 g/mol. The van der Waals surface area contributed by atoms with Crippen molar-refractivity contribution in [3.8, 4) is 0 Å². The molecule has 0 radical (unpaired) electrons. The minimum absolute atomic E-state index is 0.507. The molecule has 0 saturated carbocycles. The molecule has 0 amide bonds. The maximum atomic E-state index is 5.84. The summed E-state index contributed by atoms with van der Waals surface area (Å²) >= 11 is 11.6. The van der Waals surface area contributed by atoms with Gasteiger partial charge in [-0.3, -0.25) is 0 Å². The van der Waals surface area contributed by atoms with Gasteiger partial charge in [0, 0.05) is 11.2 Å². The van der Waals surface area contributed by atoms with Crippen molar-refractivity contribution >= 4 is 34.9 Å². The van der Waals surface area contributed by atoms with Crippen LogP contribution in [0.4, 0.5) is 0 Å². The lowest BCUT2D eigenvalue weighted by Gasteiger charge is -2.01. The Labute approximate surface area is 111 Å². The average molecular weight is 264 g/mol. The van der Waals surface area contributed by atoms with Gasteiger partial charge in [0.15, 0.2) is 0 Å². The fraction of sp³-hybridized carbons (Fsp3) is 0.0714. The van der Waals surface area contributed by atoms with E-state index in [4.69, 9.17) is 23.2 Å². The lowest BCUT2D eigenvalue weighted by molar-refractivity contribution is 1.31. The highest BCUT2D eigenvalue weighted by molar-refractivity contribution is 6.30. The molecule has 0 aliphatic carbocycles. The Bertz CT molecular complexity index is 527. The van der Waals surface area contributed by atoms with E-state index in [1.54, 1.807) is 12.3 Å². The zero-order valence-electron chi connectivity index (χ0n) is 9.32. The Balaban J connectivity index is 2.27. The van der Waals surface area contributed by atoms with Crippen molar-refractivity contribution in [1.82, 2.24) is 4.98 Å². The van der Waals surface area contributed by atoms with Crippen molar-refractivity contribution in [3.05, 3.63) is 63.9 Å². The van der Waals surface area contributed by atoms with Crippen molar-refractivity contribution in [2.75, 3.05) is 0 Å². The van der Waals surface area contributed by atoms with Crippen LogP contribution in [0, 0.1) is 0 Å². The molecule has 1 aromatic heterocycles. The molecule has 2 aromatic rings. The molecule has 0 aliphatic heterocycles. The molecule has 1 heterocycles. The second-order valence-corrected chi connectivity index (χ2v) is 4.57. The predicted molar refractivity (Wildman–Crippen MR) is 74.2 cm³/mol. The summed E-state index contributed by atoms with van der Waals surface area (Å²) in [4.78, 5) is 4.06. The van der Waals surface area contributed by atoms with Crippen LogP contribution in [0.25, 0.3) is 11.6 Å². The smallest absolute Gasteiger partial charge is 0.129 e. The first-order valence-corrected chi connectivity index (χ1v) is 5.96. The first-order chi connectivity index (χ1) is 8.15. The van der Waals surface area contributed by atoms with Crippen LogP contribution in [0.1, 0.15) is 18.1 Å². The molecule has 0 spiro atoms. The van der Waals surface area contributed by atoms with Gasteiger partial charge in [0.1, 0.15) is 5.15 Å². The molecule has 0 saturated heterocycles. The van der Waals surface area contributed by atoms with Crippen LogP contribution in [-0.4, -0.2) is 4.98 Å². The van der Waals surface area contributed by atoms with Crippen LogP contribution < -0.4 is 0 Å². The number of halogens is 2. The van der Waals surface area contributed by atoms with Crippen molar-refractivity contribution in [3.63, 3.8) is 0 Å². The summed E-state index contributed by atoms with van der Waals surface area (Å²) in [5.74, 6) is 0. The molecule has 86 valence electrons. The van der Waals surface area contributed by atoms with Gasteiger partial charge in [0.25, 0.3) is 0 Å². The topological polar surface area (TPSA) is 12.9 Å². The van der Waals surface area contributed by atoms with E-state index in [1.807, 2.05) is 37.3 Å². The maximum Gasteiger partial charge on any atom is 0.129 e. The third-order valence-corrected chi connectivity index (χ3v) is 2.91. The van der Waals surface area contributed by atoms with E-state index < -0.39 is 0 Å². The van der Waals surface area contributed by atoms with Crippen molar-refractivity contribution < 1.29 is 0 Å². The highest BCUT2D eigenvalue weighted by Gasteiger charge is 1.97. The van der Waals surface area contributed by atoms with E-state index in [1.165, 1.54) is 0 Å². The van der Waals surface area contributed by atoms with Gasteiger partial charge in [-0.05, 0) is 41.8 Å². The molecule has 1 aromatic carbocycles. The van der Waals surface area contributed by atoms with E-state index in [2.05, 4.69) is 11.1 Å². The number of benzene rings is 1. The van der Waals surface area contributed by atoms with Gasteiger partial charge in [0.05, 0.1) is 0 Å². The number of aromatic nitrogens is 1. The Kier molecular flexibility index (Phi) is 3.82. The molecule has 3 heteroatoms. The molecule has 17 heavy (non-hydrogen) atoms. The van der Waals surface area contributed by atoms with Gasteiger partial charge in [-0.2, -0.15) is 0 Å². The van der Waals surface area contributed by atoms with Crippen LogP contribution in [0.5, 0.6) is 0 Å². The van der Waals surface area contributed by atoms with Crippen LogP contribution in [0.15, 0.2) is 42.6 Å². The van der Waals surface area contributed by atoms with Gasteiger partial charge in [-0.25, -0.2) is 4.98 Å². The van der Waals surface area contributed by atoms with Gasteiger partial charge in [-0.15, -0.1) is 0 Å². The van der Waals surface area contributed by atoms with E-state index in [0.717, 1.165) is 21.7 Å². The Hall–Kier alpha value is -1.31. The Morgan fingerprint density at radius 2 is 1.76 bits per heavy atom. The molecule has 0 aliphatic rings. The minimum Gasteiger partial charge on any atom is -0.244 e. The summed E-state index contributed by atoms with van der Waals surface area (Å²) in [5, 5.41) is 1.25. The second-order valence-electron chi connectivity index (χ2n) is 3.75. The molecular formula is C14H11Cl2N. The van der Waals surface area contributed by atoms with Crippen molar-refractivity contribution in [2.24, 2.45) is 0 Å². The third-order valence-electron chi connectivity index (χ3n) is 2.44. The minimum atomic E-state index is 0.507. The highest BCUT2D eigenvalue weighted by Crippen LogP contribution is 2.19. The molecule has 0 bridgehead atoms. The summed E-state index contributed by atoms with van der Waals surface area (Å²) in [5.41, 5.74) is 3.31. The molecule has 0 N–H and O–H groups in total. The maximum absolute atomic E-state index is 5.84. The van der Waals surface area contributed by atoms with Crippen LogP contribution in [-0.2, 0) is 0 Å². The lowest BCUT2D eigenvalue weighted by atomic mass is 10.1. The molecular weight excluding hydrogens is 253 g/mol. The zero-order valence-corrected chi connectivity index (χ0v) is 10.8. The van der Waals surface area contributed by atoms with Crippen molar-refractivity contribution in [1.29, 1.82) is 0 Å². The van der Waals surface area contributed by atoms with Crippen LogP contribution in [0.3, 0.4) is 0 Å². The quantitative estimate of drug-likeness (QED) is 0.699. The number of hydrogen-bond acceptors (Lipinski definition) is 1. The largest absolute Gasteiger partial charge is 0.244 e. The summed E-state index contributed by atoms with van der Waals surface area (Å²) in [6.45, 7) is 2.04. The van der Waals surface area contributed by atoms with Gasteiger partial charge >= 0.3 is 0 Å². The lowest BCUT2D eigenvalue weighted by Crippen LogP contribution is -1.82. The predicted octanol–water partition coefficient (Wildman–Crippen LogP) is 4.95. The van der Waals surface area contributed by atoms with E-state index in [9.17, 15) is 0 Å². The fourth-order valence-electron chi connectivity index (χ4n) is 1.50. The average Bonchev–Trinajstić information content (AvgIpc) is 2.33. The normalized spacial score (nSPS) is 11.6. The zero-order chi connectivity index (χ0) is 12.3. The third kappa shape index (κ3) is 3.32. The Morgan fingerprint density at radius 3 is 2.35 bits per heavy atom. The first-order valence-electron chi connectivity index (χ1n) is 5.21. The summed E-state index contributed by atoms with van der Waals surface area (Å²) in [6, 6.07) is 11.5. The first kappa shape index (κ1) is 12.2. The van der Waals surface area contributed by atoms with Crippen LogP contribution >= 0.6 is 23.2 Å². The SMILES string of the molecule is C/C(=C/c1ccc(Cl)cc1)c1ccc(Cl)nc1. The molecule has 0 fully saturated rings. The fourth-order valence-corrected chi connectivity index (χ4v) is 1.74. The van der Waals surface area contributed by atoms with E-state index in [-0.39, 0.29) is 0 Å². The van der Waals surface area contributed by atoms with Crippen LogP contribution in [0.2, 0.25) is 10.2 Å². The number of pyridine rings is 1. The van der Waals surface area contributed by atoms with E-state index >= 15 is 0 Å². The van der Waals surface area contributed by atoms with Gasteiger partial charge < -0.3 is 0 Å². The molecule has 0 atom stereocenters. The standard InChI is InChI=1S/C14H11Cl2N/c1-10(12-4-7-14(16)17-9-12)8-11-2-5-13(15)6-3-11/h2-9H,1H3/b10-8-. The highest BCUT2D eigenvalue weighted by atomic mass is 35.5. The molecule has 1 nitrogen and oxygen atoms in total.